The van der Waals surface area contributed by atoms with Gasteiger partial charge in [-0.15, -0.1) is 0 Å². The maximum absolute atomic E-state index is 12.3. The highest BCUT2D eigenvalue weighted by Crippen LogP contribution is 2.33. The maximum Gasteiger partial charge on any atom is 0.322 e. The summed E-state index contributed by atoms with van der Waals surface area (Å²) in [6.07, 6.45) is 2.88. The number of thioether (sulfide) groups is 1. The molecule has 5 rings (SSSR count). The van der Waals surface area contributed by atoms with E-state index in [1.807, 2.05) is 72.4 Å². The molecule has 3 aliphatic heterocycles. The van der Waals surface area contributed by atoms with Crippen molar-refractivity contribution in [3.63, 3.8) is 0 Å². The summed E-state index contributed by atoms with van der Waals surface area (Å²) in [7, 11) is 0. The van der Waals surface area contributed by atoms with Crippen LogP contribution < -0.4 is 21.3 Å². The molecule has 10 heteroatoms. The van der Waals surface area contributed by atoms with Crippen molar-refractivity contribution in [3.8, 4) is 0 Å². The van der Waals surface area contributed by atoms with Gasteiger partial charge in [0.2, 0.25) is 0 Å². The highest BCUT2D eigenvalue weighted by Gasteiger charge is 2.49. The number of carbonyl (C=O) groups excluding carboxylic acids is 3. The zero-order chi connectivity index (χ0) is 24.8. The number of aliphatic carboxylic acids is 1. The number of urea groups is 2. The normalized spacial score (nSPS) is 23.8. The van der Waals surface area contributed by atoms with Crippen LogP contribution in [0.25, 0.3) is 0 Å². The highest BCUT2D eigenvalue weighted by atomic mass is 32.2. The van der Waals surface area contributed by atoms with Crippen molar-refractivity contribution >= 4 is 35.7 Å². The largest absolute Gasteiger partial charge is 0.481 e. The number of carboxylic acids is 1. The molecule has 3 atom stereocenters. The number of hydrogen-bond donors (Lipinski definition) is 5. The molecule has 3 saturated heterocycles. The summed E-state index contributed by atoms with van der Waals surface area (Å²) < 4.78 is 0. The molecule has 0 radical (unpaired) electrons. The van der Waals surface area contributed by atoms with Crippen molar-refractivity contribution in [2.24, 2.45) is 0 Å². The molecule has 0 aliphatic carbocycles. The number of amides is 5. The number of carbonyl (C=O) groups is 4. The minimum Gasteiger partial charge on any atom is -0.481 e. The molecule has 0 aromatic heterocycles. The Balaban J connectivity index is 0.000000168. The molecule has 3 aliphatic rings. The summed E-state index contributed by atoms with van der Waals surface area (Å²) in [5, 5.41) is 19.8. The molecule has 3 heterocycles. The van der Waals surface area contributed by atoms with Crippen molar-refractivity contribution in [1.82, 2.24) is 21.3 Å². The Labute approximate surface area is 207 Å². The Morgan fingerprint density at radius 2 is 1.54 bits per heavy atom. The van der Waals surface area contributed by atoms with Crippen molar-refractivity contribution in [3.05, 3.63) is 71.8 Å². The van der Waals surface area contributed by atoms with E-state index in [1.165, 1.54) is 0 Å². The second-order valence-electron chi connectivity index (χ2n) is 8.65. The lowest BCUT2D eigenvalue weighted by atomic mass is 9.83. The number of imide groups is 1. The van der Waals surface area contributed by atoms with Crippen molar-refractivity contribution < 1.29 is 24.3 Å². The van der Waals surface area contributed by atoms with Crippen LogP contribution in [0.1, 0.15) is 36.8 Å². The van der Waals surface area contributed by atoms with Gasteiger partial charge >= 0.3 is 18.0 Å². The van der Waals surface area contributed by atoms with Gasteiger partial charge in [0.25, 0.3) is 5.91 Å². The molecule has 9 nitrogen and oxygen atoms in total. The molecule has 2 aromatic rings. The van der Waals surface area contributed by atoms with E-state index in [1.54, 1.807) is 0 Å². The van der Waals surface area contributed by atoms with Crippen LogP contribution in [0.3, 0.4) is 0 Å². The van der Waals surface area contributed by atoms with Crippen LogP contribution in [-0.4, -0.2) is 52.1 Å². The van der Waals surface area contributed by atoms with Gasteiger partial charge in [-0.25, -0.2) is 9.59 Å². The van der Waals surface area contributed by atoms with Crippen LogP contribution >= 0.6 is 11.8 Å². The molecule has 3 fully saturated rings. The molecule has 0 saturated carbocycles. The van der Waals surface area contributed by atoms with Crippen LogP contribution in [0.4, 0.5) is 9.59 Å². The second kappa shape index (κ2) is 10.8. The SMILES string of the molecule is O=C(O)CCCC[C@@H]1SC[C@@H]2NC(=O)N[C@@H]21.O=C1NC(=O)C(c2ccccc2)(c2ccccc2)N1. The van der Waals surface area contributed by atoms with E-state index in [2.05, 4.69) is 21.3 Å². The van der Waals surface area contributed by atoms with Crippen molar-refractivity contribution in [2.45, 2.75) is 48.6 Å². The molecule has 5 N–H and O–H groups in total. The summed E-state index contributed by atoms with van der Waals surface area (Å²) in [6, 6.07) is 18.4. The molecule has 184 valence electrons. The van der Waals surface area contributed by atoms with E-state index in [9.17, 15) is 19.2 Å². The molecule has 2 aromatic carbocycles. The maximum atomic E-state index is 12.3. The highest BCUT2D eigenvalue weighted by molar-refractivity contribution is 8.00. The lowest BCUT2D eigenvalue weighted by molar-refractivity contribution is -0.137. The first-order chi connectivity index (χ1) is 16.9. The average molecular weight is 497 g/mol. The summed E-state index contributed by atoms with van der Waals surface area (Å²) in [4.78, 5) is 45.3. The third-order valence-electron chi connectivity index (χ3n) is 6.35. The first-order valence-electron chi connectivity index (χ1n) is 11.5. The van der Waals surface area contributed by atoms with Crippen molar-refractivity contribution in [2.75, 3.05) is 5.75 Å². The number of hydrogen-bond acceptors (Lipinski definition) is 5. The zero-order valence-corrected chi connectivity index (χ0v) is 19.8. The van der Waals surface area contributed by atoms with E-state index in [4.69, 9.17) is 5.11 Å². The quantitative estimate of drug-likeness (QED) is 0.227. The summed E-state index contributed by atoms with van der Waals surface area (Å²) >= 11 is 1.87. The van der Waals surface area contributed by atoms with E-state index in [-0.39, 0.29) is 30.4 Å². The number of nitrogens with one attached hydrogen (secondary N) is 4. The predicted molar refractivity (Wildman–Crippen MR) is 132 cm³/mol. The third kappa shape index (κ3) is 5.43. The molecular formula is C25H28N4O5S. The first kappa shape index (κ1) is 24.6. The number of carboxylic acid groups (broad SMARTS) is 1. The molecule has 5 amide bonds. The molecule has 0 unspecified atom stereocenters. The number of benzene rings is 2. The monoisotopic (exact) mass is 496 g/mol. The van der Waals surface area contributed by atoms with E-state index in [0.29, 0.717) is 5.25 Å². The first-order valence-corrected chi connectivity index (χ1v) is 12.6. The fourth-order valence-corrected chi connectivity index (χ4v) is 6.21. The van der Waals surface area contributed by atoms with Gasteiger partial charge in [0, 0.05) is 17.4 Å². The fraction of sp³-hybridized carbons (Fsp3) is 0.360. The van der Waals surface area contributed by atoms with Gasteiger partial charge in [0.15, 0.2) is 5.54 Å². The van der Waals surface area contributed by atoms with Gasteiger partial charge < -0.3 is 21.1 Å². The lowest BCUT2D eigenvalue weighted by Gasteiger charge is -2.27. The lowest BCUT2D eigenvalue weighted by Crippen LogP contribution is -2.44. The van der Waals surface area contributed by atoms with Crippen LogP contribution in [0.2, 0.25) is 0 Å². The number of unbranched alkanes of at least 4 members (excludes halogenated alkanes) is 1. The van der Waals surface area contributed by atoms with E-state index >= 15 is 0 Å². The summed E-state index contributed by atoms with van der Waals surface area (Å²) in [5.74, 6) is -0.116. The van der Waals surface area contributed by atoms with Gasteiger partial charge in [0.05, 0.1) is 12.1 Å². The summed E-state index contributed by atoms with van der Waals surface area (Å²) in [6.45, 7) is 0. The Bertz CT molecular complexity index is 1040. The Morgan fingerprint density at radius 1 is 0.914 bits per heavy atom. The standard InChI is InChI=1S/C15H12N2O2.C10H16N2O3S/c18-13-15(17-14(19)16-13,11-7-3-1-4-8-11)12-9-5-2-6-10-12;13-8(14)4-2-1-3-7-9-6(5-16-7)11-10(15)12-9/h1-10H,(H2,16,17,18,19);6-7,9H,1-5H2,(H,13,14)(H2,11,12,15)/t;6-,7-,9-/m.0/s1. The molecule has 0 spiro atoms. The second-order valence-corrected chi connectivity index (χ2v) is 9.92. The van der Waals surface area contributed by atoms with Crippen LogP contribution in [0, 0.1) is 0 Å². The topological polar surface area (TPSA) is 137 Å². The third-order valence-corrected chi connectivity index (χ3v) is 7.86. The zero-order valence-electron chi connectivity index (χ0n) is 19.0. The minimum absolute atomic E-state index is 0.0640. The summed E-state index contributed by atoms with van der Waals surface area (Å²) in [5.41, 5.74) is 0.341. The number of rotatable bonds is 7. The van der Waals surface area contributed by atoms with Gasteiger partial charge in [-0.1, -0.05) is 67.1 Å². The van der Waals surface area contributed by atoms with Gasteiger partial charge in [-0.3, -0.25) is 14.9 Å². The van der Waals surface area contributed by atoms with Crippen LogP contribution in [-0.2, 0) is 15.1 Å². The van der Waals surface area contributed by atoms with E-state index < -0.39 is 17.5 Å². The van der Waals surface area contributed by atoms with E-state index in [0.717, 1.165) is 36.1 Å². The Hall–Kier alpha value is -3.53. The molecular weight excluding hydrogens is 468 g/mol. The van der Waals surface area contributed by atoms with Crippen molar-refractivity contribution in [1.29, 1.82) is 0 Å². The number of fused-ring (bicyclic) bond motifs is 1. The Morgan fingerprint density at radius 3 is 2.09 bits per heavy atom. The molecule has 35 heavy (non-hydrogen) atoms. The molecule has 0 bridgehead atoms. The van der Waals surface area contributed by atoms with Crippen LogP contribution in [0.5, 0.6) is 0 Å². The Kier molecular flexibility index (Phi) is 7.60. The minimum atomic E-state index is -1.14. The van der Waals surface area contributed by atoms with Gasteiger partial charge in [-0.2, -0.15) is 11.8 Å². The smallest absolute Gasteiger partial charge is 0.322 e. The average Bonchev–Trinajstić information content (AvgIpc) is 3.50. The van der Waals surface area contributed by atoms with Crippen LogP contribution in [0.15, 0.2) is 60.7 Å². The van der Waals surface area contributed by atoms with Gasteiger partial charge in [0.1, 0.15) is 0 Å². The fourth-order valence-electron chi connectivity index (χ4n) is 4.67. The predicted octanol–water partition coefficient (Wildman–Crippen LogP) is 2.57. The van der Waals surface area contributed by atoms with Gasteiger partial charge in [-0.05, 0) is 24.0 Å².